The lowest BCUT2D eigenvalue weighted by Crippen LogP contribution is -2.51. The van der Waals surface area contributed by atoms with Gasteiger partial charge in [0.2, 0.25) is 5.91 Å². The average Bonchev–Trinajstić information content (AvgIpc) is 3.31. The molecule has 3 N–H and O–H groups in total. The summed E-state index contributed by atoms with van der Waals surface area (Å²) >= 11 is 0. The molecule has 1 fully saturated rings. The summed E-state index contributed by atoms with van der Waals surface area (Å²) in [5, 5.41) is 14.8. The van der Waals surface area contributed by atoms with E-state index in [0.717, 1.165) is 54.6 Å². The number of nitrogens with one attached hydrogen (secondary N) is 2. The number of nitrogens with zero attached hydrogens (tertiary/aromatic N) is 1. The summed E-state index contributed by atoms with van der Waals surface area (Å²) < 4.78 is 5.62. The van der Waals surface area contributed by atoms with Crippen molar-refractivity contribution in [1.29, 1.82) is 0 Å². The van der Waals surface area contributed by atoms with E-state index in [-0.39, 0.29) is 31.4 Å². The van der Waals surface area contributed by atoms with E-state index in [1.807, 2.05) is 54.6 Å². The highest BCUT2D eigenvalue weighted by Crippen LogP contribution is 2.44. The fourth-order valence-corrected chi connectivity index (χ4v) is 5.98. The van der Waals surface area contributed by atoms with Crippen LogP contribution in [0.5, 0.6) is 0 Å². The lowest BCUT2D eigenvalue weighted by Gasteiger charge is -2.36. The van der Waals surface area contributed by atoms with Gasteiger partial charge in [0.05, 0.1) is 0 Å². The van der Waals surface area contributed by atoms with Crippen LogP contribution in [-0.2, 0) is 20.9 Å². The lowest BCUT2D eigenvalue weighted by molar-refractivity contribution is -0.137. The standard InChI is InChI=1S/C33H37N3O5/c37-31(38)18-17-30(32(39)34-20-24-12-8-9-19-36(24)21-23-10-2-1-3-11-23)35-33(40)41-22-29-27-15-6-4-13-25(27)26-14-5-7-16-28(26)29/h1-7,10-11,13-16,24,29-30H,8-9,12,17-22H2,(H,34,39)(H,35,40)(H,37,38). The zero-order valence-electron chi connectivity index (χ0n) is 23.1. The van der Waals surface area contributed by atoms with Gasteiger partial charge in [-0.2, -0.15) is 0 Å². The second kappa shape index (κ2) is 13.5. The first-order valence-electron chi connectivity index (χ1n) is 14.4. The van der Waals surface area contributed by atoms with Crippen LogP contribution in [0.4, 0.5) is 4.79 Å². The number of carboxylic acids is 1. The molecule has 214 valence electrons. The van der Waals surface area contributed by atoms with Gasteiger partial charge in [-0.05, 0) is 53.6 Å². The summed E-state index contributed by atoms with van der Waals surface area (Å²) in [7, 11) is 0. The van der Waals surface area contributed by atoms with Gasteiger partial charge in [-0.1, -0.05) is 85.3 Å². The van der Waals surface area contributed by atoms with Crippen molar-refractivity contribution in [1.82, 2.24) is 15.5 Å². The van der Waals surface area contributed by atoms with E-state index in [2.05, 4.69) is 39.8 Å². The van der Waals surface area contributed by atoms with Gasteiger partial charge in [-0.25, -0.2) is 4.79 Å². The fraction of sp³-hybridized carbons (Fsp3) is 0.364. The van der Waals surface area contributed by atoms with Gasteiger partial charge < -0.3 is 20.5 Å². The van der Waals surface area contributed by atoms with Crippen molar-refractivity contribution in [3.63, 3.8) is 0 Å². The number of rotatable bonds is 11. The molecule has 2 amide bonds. The first kappa shape index (κ1) is 28.4. The quantitative estimate of drug-likeness (QED) is 0.310. The molecule has 1 heterocycles. The Morgan fingerprint density at radius 2 is 1.56 bits per heavy atom. The molecule has 1 aliphatic heterocycles. The molecule has 0 spiro atoms. The van der Waals surface area contributed by atoms with Gasteiger partial charge in [-0.15, -0.1) is 0 Å². The second-order valence-corrected chi connectivity index (χ2v) is 10.8. The van der Waals surface area contributed by atoms with Crippen LogP contribution in [0.2, 0.25) is 0 Å². The molecule has 2 aliphatic rings. The highest BCUT2D eigenvalue weighted by molar-refractivity contribution is 5.86. The molecule has 1 aliphatic carbocycles. The monoisotopic (exact) mass is 555 g/mol. The third kappa shape index (κ3) is 7.13. The number of carbonyl (C=O) groups excluding carboxylic acids is 2. The normalized spacial score (nSPS) is 17.2. The predicted octanol–water partition coefficient (Wildman–Crippen LogP) is 4.93. The number of fused-ring (bicyclic) bond motifs is 3. The number of aliphatic carboxylic acids is 1. The van der Waals surface area contributed by atoms with Crippen LogP contribution in [0.1, 0.15) is 54.7 Å². The smallest absolute Gasteiger partial charge is 0.407 e. The molecule has 2 unspecified atom stereocenters. The highest BCUT2D eigenvalue weighted by Gasteiger charge is 2.30. The lowest BCUT2D eigenvalue weighted by atomic mass is 9.98. The van der Waals surface area contributed by atoms with E-state index < -0.39 is 24.0 Å². The number of ether oxygens (including phenoxy) is 1. The second-order valence-electron chi connectivity index (χ2n) is 10.8. The van der Waals surface area contributed by atoms with E-state index in [1.165, 1.54) is 5.56 Å². The Hall–Kier alpha value is -4.17. The average molecular weight is 556 g/mol. The van der Waals surface area contributed by atoms with Crippen molar-refractivity contribution >= 4 is 18.0 Å². The van der Waals surface area contributed by atoms with Gasteiger partial charge in [-0.3, -0.25) is 14.5 Å². The minimum atomic E-state index is -1.03. The van der Waals surface area contributed by atoms with Gasteiger partial charge in [0, 0.05) is 31.5 Å². The van der Waals surface area contributed by atoms with Crippen molar-refractivity contribution < 1.29 is 24.2 Å². The number of piperidine rings is 1. The zero-order chi connectivity index (χ0) is 28.6. The molecule has 3 aromatic rings. The maximum atomic E-state index is 13.2. The minimum absolute atomic E-state index is 0.0240. The topological polar surface area (TPSA) is 108 Å². The van der Waals surface area contributed by atoms with Crippen LogP contribution in [0, 0.1) is 0 Å². The molecule has 0 aromatic heterocycles. The Labute approximate surface area is 240 Å². The molecule has 0 bridgehead atoms. The van der Waals surface area contributed by atoms with Crippen LogP contribution in [0.15, 0.2) is 78.9 Å². The highest BCUT2D eigenvalue weighted by atomic mass is 16.5. The maximum absolute atomic E-state index is 13.2. The van der Waals surface area contributed by atoms with E-state index in [0.29, 0.717) is 6.54 Å². The molecule has 0 saturated carbocycles. The third-order valence-corrected chi connectivity index (χ3v) is 8.09. The van der Waals surface area contributed by atoms with E-state index in [4.69, 9.17) is 4.74 Å². The maximum Gasteiger partial charge on any atom is 0.407 e. The van der Waals surface area contributed by atoms with Crippen molar-refractivity contribution in [2.45, 2.75) is 56.7 Å². The molecule has 5 rings (SSSR count). The molecule has 3 aromatic carbocycles. The van der Waals surface area contributed by atoms with Gasteiger partial charge >= 0.3 is 12.1 Å². The summed E-state index contributed by atoms with van der Waals surface area (Å²) in [6.45, 7) is 2.31. The molecule has 0 radical (unpaired) electrons. The number of carboxylic acid groups (broad SMARTS) is 1. The molecule has 41 heavy (non-hydrogen) atoms. The summed E-state index contributed by atoms with van der Waals surface area (Å²) in [6, 6.07) is 25.5. The van der Waals surface area contributed by atoms with Crippen LogP contribution in [-0.4, -0.2) is 59.8 Å². The summed E-state index contributed by atoms with van der Waals surface area (Å²) in [5.41, 5.74) is 5.66. The Morgan fingerprint density at radius 3 is 2.24 bits per heavy atom. The number of carbonyl (C=O) groups is 3. The van der Waals surface area contributed by atoms with Crippen molar-refractivity contribution in [2.24, 2.45) is 0 Å². The first-order chi connectivity index (χ1) is 20.0. The van der Waals surface area contributed by atoms with Gasteiger partial charge in [0.25, 0.3) is 0 Å². The van der Waals surface area contributed by atoms with E-state index in [1.54, 1.807) is 0 Å². The Morgan fingerprint density at radius 1 is 0.902 bits per heavy atom. The first-order valence-corrected chi connectivity index (χ1v) is 14.4. The van der Waals surface area contributed by atoms with Crippen LogP contribution in [0.25, 0.3) is 11.1 Å². The fourth-order valence-electron chi connectivity index (χ4n) is 5.98. The summed E-state index contributed by atoms with van der Waals surface area (Å²) in [4.78, 5) is 39.7. The Bertz CT molecular complexity index is 1320. The number of likely N-dealkylation sites (tertiary alicyclic amines) is 1. The molecule has 8 heteroatoms. The van der Waals surface area contributed by atoms with Gasteiger partial charge in [0.1, 0.15) is 12.6 Å². The summed E-state index contributed by atoms with van der Waals surface area (Å²) in [5.74, 6) is -1.54. The SMILES string of the molecule is O=C(O)CCC(NC(=O)OCC1c2ccccc2-c2ccccc21)C(=O)NCC1CCCCN1Cc1ccccc1. The summed E-state index contributed by atoms with van der Waals surface area (Å²) in [6.07, 6.45) is 2.16. The Balaban J connectivity index is 1.18. The van der Waals surface area contributed by atoms with Crippen molar-refractivity contribution in [2.75, 3.05) is 19.7 Å². The molecule has 8 nitrogen and oxygen atoms in total. The third-order valence-electron chi connectivity index (χ3n) is 8.09. The number of alkyl carbamates (subject to hydrolysis) is 1. The number of hydrogen-bond donors (Lipinski definition) is 3. The number of hydrogen-bond acceptors (Lipinski definition) is 5. The largest absolute Gasteiger partial charge is 0.481 e. The van der Waals surface area contributed by atoms with E-state index >= 15 is 0 Å². The van der Waals surface area contributed by atoms with Gasteiger partial charge in [0.15, 0.2) is 0 Å². The van der Waals surface area contributed by atoms with Crippen LogP contribution in [0.3, 0.4) is 0 Å². The number of amides is 2. The van der Waals surface area contributed by atoms with E-state index in [9.17, 15) is 19.5 Å². The molecular formula is C33H37N3O5. The van der Waals surface area contributed by atoms with Crippen LogP contribution >= 0.6 is 0 Å². The predicted molar refractivity (Wildman–Crippen MR) is 156 cm³/mol. The molecule has 1 saturated heterocycles. The zero-order valence-corrected chi connectivity index (χ0v) is 23.1. The van der Waals surface area contributed by atoms with Crippen molar-refractivity contribution in [3.05, 3.63) is 95.6 Å². The molecule has 2 atom stereocenters. The molecular weight excluding hydrogens is 518 g/mol. The van der Waals surface area contributed by atoms with Crippen molar-refractivity contribution in [3.8, 4) is 11.1 Å². The number of benzene rings is 3. The minimum Gasteiger partial charge on any atom is -0.481 e. The Kier molecular flexibility index (Phi) is 9.31. The van der Waals surface area contributed by atoms with Crippen LogP contribution < -0.4 is 10.6 Å².